The van der Waals surface area contributed by atoms with E-state index in [0.29, 0.717) is 0 Å². The van der Waals surface area contributed by atoms with Crippen molar-refractivity contribution in [3.05, 3.63) is 59.6 Å². The molecule has 0 N–H and O–H groups in total. The summed E-state index contributed by atoms with van der Waals surface area (Å²) in [6.07, 6.45) is 17.0. The van der Waals surface area contributed by atoms with Gasteiger partial charge in [-0.1, -0.05) is 30.4 Å². The number of rotatable bonds is 5. The molecule has 1 rings (SSSR count). The van der Waals surface area contributed by atoms with Crippen molar-refractivity contribution < 1.29 is 0 Å². The first-order chi connectivity index (χ1) is 8.76. The maximum absolute atomic E-state index is 3.60. The summed E-state index contributed by atoms with van der Waals surface area (Å²) in [6.45, 7) is 7.73. The third kappa shape index (κ3) is 5.73. The summed E-state index contributed by atoms with van der Waals surface area (Å²) in [5.41, 5.74) is 8.59. The largest absolute Gasteiger partial charge is 0.125 e. The van der Waals surface area contributed by atoms with Crippen molar-refractivity contribution in [3.8, 4) is 0 Å². The maximum Gasteiger partial charge on any atom is -0.00207 e. The van der Waals surface area contributed by atoms with E-state index in [9.17, 15) is 0 Å². The monoisotopic (exact) mass is 240 g/mol. The Morgan fingerprint density at radius 1 is 1.44 bits per heavy atom. The van der Waals surface area contributed by atoms with Crippen LogP contribution in [0.3, 0.4) is 0 Å². The fourth-order valence-electron chi connectivity index (χ4n) is 2.16. The minimum atomic E-state index is 0.841. The van der Waals surface area contributed by atoms with Gasteiger partial charge >= 0.3 is 0 Å². The molecule has 0 radical (unpaired) electrons. The molecule has 0 spiro atoms. The van der Waals surface area contributed by atoms with Gasteiger partial charge in [0.1, 0.15) is 0 Å². The van der Waals surface area contributed by atoms with Crippen molar-refractivity contribution in [2.24, 2.45) is 5.92 Å². The molecule has 1 aliphatic carbocycles. The smallest absolute Gasteiger partial charge is 0.00207 e. The van der Waals surface area contributed by atoms with Gasteiger partial charge in [-0.2, -0.15) is 0 Å². The normalized spacial score (nSPS) is 18.8. The van der Waals surface area contributed by atoms with E-state index in [4.69, 9.17) is 0 Å². The Morgan fingerprint density at radius 2 is 2.28 bits per heavy atom. The van der Waals surface area contributed by atoms with E-state index in [-0.39, 0.29) is 0 Å². The summed E-state index contributed by atoms with van der Waals surface area (Å²) in [5, 5.41) is 0. The zero-order valence-electron chi connectivity index (χ0n) is 11.7. The van der Waals surface area contributed by atoms with Crippen molar-refractivity contribution in [1.29, 1.82) is 0 Å². The van der Waals surface area contributed by atoms with Crippen LogP contribution >= 0.6 is 0 Å². The average Bonchev–Trinajstić information content (AvgIpc) is 2.43. The molecule has 0 nitrogen and oxygen atoms in total. The molecule has 1 aliphatic rings. The van der Waals surface area contributed by atoms with Crippen molar-refractivity contribution >= 4 is 0 Å². The summed E-state index contributed by atoms with van der Waals surface area (Å²) in [4.78, 5) is 0. The van der Waals surface area contributed by atoms with Gasteiger partial charge in [-0.25, -0.2) is 0 Å². The lowest BCUT2D eigenvalue weighted by molar-refractivity contribution is 0.473. The second-order valence-corrected chi connectivity index (χ2v) is 4.88. The Morgan fingerprint density at radius 3 is 2.89 bits per heavy atom. The number of hydrogen-bond acceptors (Lipinski definition) is 0. The lowest BCUT2D eigenvalue weighted by atomic mass is 9.87. The van der Waals surface area contributed by atoms with E-state index in [1.807, 2.05) is 13.0 Å². The van der Waals surface area contributed by atoms with Gasteiger partial charge in [-0.15, -0.1) is 11.5 Å². The highest BCUT2D eigenvalue weighted by molar-refractivity contribution is 5.15. The van der Waals surface area contributed by atoms with E-state index in [1.54, 1.807) is 0 Å². The van der Waals surface area contributed by atoms with Gasteiger partial charge in [-0.3, -0.25) is 0 Å². The van der Waals surface area contributed by atoms with E-state index in [2.05, 4.69) is 49.3 Å². The third-order valence-electron chi connectivity index (χ3n) is 3.40. The first-order valence-electron chi connectivity index (χ1n) is 6.83. The summed E-state index contributed by atoms with van der Waals surface area (Å²) >= 11 is 0. The van der Waals surface area contributed by atoms with Crippen LogP contribution in [0.1, 0.15) is 46.0 Å². The Balaban J connectivity index is 2.45. The highest BCUT2D eigenvalue weighted by atomic mass is 14.2. The minimum absolute atomic E-state index is 0.841. The molecule has 1 unspecified atom stereocenters. The fraction of sp³-hybridized carbons (Fsp3) is 0.444. The van der Waals surface area contributed by atoms with Gasteiger partial charge in [0.15, 0.2) is 0 Å². The zero-order valence-corrected chi connectivity index (χ0v) is 11.7. The molecule has 0 aromatic carbocycles. The highest BCUT2D eigenvalue weighted by Crippen LogP contribution is 2.26. The van der Waals surface area contributed by atoms with E-state index < -0.39 is 0 Å². The fourth-order valence-corrected chi connectivity index (χ4v) is 2.16. The molecular formula is C18H24. The topological polar surface area (TPSA) is 0 Å². The molecule has 0 amide bonds. The van der Waals surface area contributed by atoms with Crippen LogP contribution in [0.15, 0.2) is 59.6 Å². The Labute approximate surface area is 112 Å². The SMILES string of the molecule is C=C=C(C)C=C=CCC(=CC)CC1CC=CCC1. The predicted molar refractivity (Wildman–Crippen MR) is 80.5 cm³/mol. The molecule has 96 valence electrons. The Bertz CT molecular complexity index is 419. The number of hydrogen-bond donors (Lipinski definition) is 0. The van der Waals surface area contributed by atoms with Crippen LogP contribution in [-0.4, -0.2) is 0 Å². The quantitative estimate of drug-likeness (QED) is 0.337. The molecule has 0 aromatic heterocycles. The zero-order chi connectivity index (χ0) is 13.2. The summed E-state index contributed by atoms with van der Waals surface area (Å²) in [5.74, 6) is 0.841. The third-order valence-corrected chi connectivity index (χ3v) is 3.40. The molecular weight excluding hydrogens is 216 g/mol. The van der Waals surface area contributed by atoms with Gasteiger partial charge < -0.3 is 0 Å². The lowest BCUT2D eigenvalue weighted by Crippen LogP contribution is -2.03. The highest BCUT2D eigenvalue weighted by Gasteiger charge is 2.10. The van der Waals surface area contributed by atoms with Gasteiger partial charge in [0.2, 0.25) is 0 Å². The van der Waals surface area contributed by atoms with Crippen LogP contribution in [0.2, 0.25) is 0 Å². The standard InChI is InChI=1S/C18H24/c1-4-16(3)11-9-10-12-17(5-2)15-18-13-7-6-8-14-18/h5-7,10-11,18H,1,8,12-15H2,2-3H3. The molecule has 0 saturated heterocycles. The maximum atomic E-state index is 3.60. The van der Waals surface area contributed by atoms with Crippen LogP contribution in [0.5, 0.6) is 0 Å². The van der Waals surface area contributed by atoms with Crippen molar-refractivity contribution in [3.63, 3.8) is 0 Å². The molecule has 0 aromatic rings. The summed E-state index contributed by atoms with van der Waals surface area (Å²) in [6, 6.07) is 0. The van der Waals surface area contributed by atoms with Crippen LogP contribution in [0, 0.1) is 5.92 Å². The summed E-state index contributed by atoms with van der Waals surface area (Å²) < 4.78 is 0. The molecule has 18 heavy (non-hydrogen) atoms. The Hall–Kier alpha value is -1.48. The van der Waals surface area contributed by atoms with Gasteiger partial charge in [0, 0.05) is 0 Å². The van der Waals surface area contributed by atoms with Gasteiger partial charge in [0.25, 0.3) is 0 Å². The molecule has 0 fully saturated rings. The molecule has 0 saturated carbocycles. The average molecular weight is 240 g/mol. The first kappa shape index (κ1) is 14.6. The van der Waals surface area contributed by atoms with Crippen LogP contribution in [0.25, 0.3) is 0 Å². The van der Waals surface area contributed by atoms with Crippen LogP contribution in [-0.2, 0) is 0 Å². The Kier molecular flexibility index (Phi) is 6.96. The van der Waals surface area contributed by atoms with Crippen molar-refractivity contribution in [1.82, 2.24) is 0 Å². The first-order valence-corrected chi connectivity index (χ1v) is 6.83. The van der Waals surface area contributed by atoms with Crippen molar-refractivity contribution in [2.75, 3.05) is 0 Å². The minimum Gasteiger partial charge on any atom is -0.125 e. The molecule has 0 heterocycles. The van der Waals surface area contributed by atoms with Crippen LogP contribution in [0.4, 0.5) is 0 Å². The molecule has 0 aliphatic heterocycles. The van der Waals surface area contributed by atoms with Gasteiger partial charge in [-0.05, 0) is 69.6 Å². The van der Waals surface area contributed by atoms with E-state index in [1.165, 1.54) is 31.3 Å². The molecule has 1 atom stereocenters. The second-order valence-electron chi connectivity index (χ2n) is 4.88. The number of allylic oxidation sites excluding steroid dienone is 6. The van der Waals surface area contributed by atoms with Crippen LogP contribution < -0.4 is 0 Å². The summed E-state index contributed by atoms with van der Waals surface area (Å²) in [7, 11) is 0. The molecule has 0 heteroatoms. The van der Waals surface area contributed by atoms with Crippen molar-refractivity contribution in [2.45, 2.75) is 46.0 Å². The van der Waals surface area contributed by atoms with E-state index in [0.717, 1.165) is 17.9 Å². The van der Waals surface area contributed by atoms with Gasteiger partial charge in [0.05, 0.1) is 0 Å². The molecule has 0 bridgehead atoms. The van der Waals surface area contributed by atoms with E-state index >= 15 is 0 Å². The predicted octanol–water partition coefficient (Wildman–Crippen LogP) is 5.51. The lowest BCUT2D eigenvalue weighted by Gasteiger charge is -2.18. The second kappa shape index (κ2) is 8.59.